The molecule has 0 saturated heterocycles. The summed E-state index contributed by atoms with van der Waals surface area (Å²) >= 11 is 1.61. The summed E-state index contributed by atoms with van der Waals surface area (Å²) in [5.74, 6) is 1.73. The van der Waals surface area contributed by atoms with Crippen molar-refractivity contribution in [2.75, 3.05) is 19.1 Å². The normalized spacial score (nSPS) is 10.9. The maximum Gasteiger partial charge on any atom is 0.195 e. The van der Waals surface area contributed by atoms with Gasteiger partial charge in [0.15, 0.2) is 10.8 Å². The maximum atomic E-state index is 5.88. The molecule has 2 N–H and O–H groups in total. The summed E-state index contributed by atoms with van der Waals surface area (Å²) in [7, 11) is 3.65. The van der Waals surface area contributed by atoms with E-state index in [0.29, 0.717) is 6.54 Å². The zero-order valence-electron chi connectivity index (χ0n) is 11.4. The molecule has 104 valence electrons. The molecule has 5 nitrogen and oxygen atoms in total. The smallest absolute Gasteiger partial charge is 0.195 e. The summed E-state index contributed by atoms with van der Waals surface area (Å²) in [6, 6.07) is 7.89. The van der Waals surface area contributed by atoms with E-state index >= 15 is 0 Å². The number of anilines is 2. The van der Waals surface area contributed by atoms with E-state index in [9.17, 15) is 0 Å². The summed E-state index contributed by atoms with van der Waals surface area (Å²) in [5.41, 5.74) is 7.94. The van der Waals surface area contributed by atoms with Gasteiger partial charge in [0.1, 0.15) is 5.75 Å². The number of nitrogens with zero attached hydrogens (tertiary/aromatic N) is 3. The van der Waals surface area contributed by atoms with Crippen molar-refractivity contribution in [1.82, 2.24) is 9.38 Å². The number of nitrogens with two attached hydrogens (primary N) is 1. The van der Waals surface area contributed by atoms with Gasteiger partial charge in [0, 0.05) is 30.9 Å². The number of ether oxygens (including phenoxy) is 1. The lowest BCUT2D eigenvalue weighted by atomic mass is 10.2. The van der Waals surface area contributed by atoms with Crippen molar-refractivity contribution < 1.29 is 4.74 Å². The van der Waals surface area contributed by atoms with Crippen molar-refractivity contribution in [1.29, 1.82) is 0 Å². The van der Waals surface area contributed by atoms with Gasteiger partial charge in [-0.05, 0) is 24.3 Å². The first-order chi connectivity index (χ1) is 9.74. The van der Waals surface area contributed by atoms with Crippen LogP contribution in [0, 0.1) is 0 Å². The summed E-state index contributed by atoms with van der Waals surface area (Å²) in [6.07, 6.45) is 2.00. The van der Waals surface area contributed by atoms with E-state index in [4.69, 9.17) is 10.5 Å². The standard InChI is InChI=1S/C14H16N4OS/c1-17(10-3-5-11(19-2)6-4-10)13-12(9-15)18-7-8-20-14(18)16-13/h3-8H,9,15H2,1-2H3. The second-order valence-corrected chi connectivity index (χ2v) is 5.27. The van der Waals surface area contributed by atoms with Gasteiger partial charge >= 0.3 is 0 Å². The maximum absolute atomic E-state index is 5.88. The van der Waals surface area contributed by atoms with Crippen LogP contribution in [-0.2, 0) is 6.54 Å². The second-order valence-electron chi connectivity index (χ2n) is 4.40. The van der Waals surface area contributed by atoms with Crippen molar-refractivity contribution in [2.24, 2.45) is 5.73 Å². The summed E-state index contributed by atoms with van der Waals surface area (Å²) in [5, 5.41) is 2.01. The number of rotatable bonds is 4. The highest BCUT2D eigenvalue weighted by Gasteiger charge is 2.16. The summed E-state index contributed by atoms with van der Waals surface area (Å²) in [6.45, 7) is 0.452. The fraction of sp³-hybridized carbons (Fsp3) is 0.214. The highest BCUT2D eigenvalue weighted by atomic mass is 32.1. The van der Waals surface area contributed by atoms with Gasteiger partial charge in [0.2, 0.25) is 0 Å². The van der Waals surface area contributed by atoms with Crippen molar-refractivity contribution in [3.05, 3.63) is 41.5 Å². The van der Waals surface area contributed by atoms with Gasteiger partial charge in [-0.2, -0.15) is 0 Å². The topological polar surface area (TPSA) is 55.8 Å². The number of thiazole rings is 1. The SMILES string of the molecule is COc1ccc(N(C)c2nc3sccn3c2CN)cc1. The van der Waals surface area contributed by atoms with Crippen LogP contribution >= 0.6 is 11.3 Å². The molecule has 0 amide bonds. The molecule has 0 aliphatic heterocycles. The van der Waals surface area contributed by atoms with Crippen LogP contribution in [0.2, 0.25) is 0 Å². The fourth-order valence-corrected chi connectivity index (χ4v) is 2.94. The Bertz CT molecular complexity index is 716. The third-order valence-electron chi connectivity index (χ3n) is 3.31. The molecule has 0 aliphatic carbocycles. The first-order valence-electron chi connectivity index (χ1n) is 6.27. The minimum Gasteiger partial charge on any atom is -0.497 e. The third kappa shape index (κ3) is 2.03. The lowest BCUT2D eigenvalue weighted by Gasteiger charge is -2.18. The third-order valence-corrected chi connectivity index (χ3v) is 4.07. The molecule has 0 aliphatic rings. The van der Waals surface area contributed by atoms with Crippen LogP contribution in [-0.4, -0.2) is 23.5 Å². The van der Waals surface area contributed by atoms with Gasteiger partial charge in [-0.3, -0.25) is 4.40 Å². The highest BCUT2D eigenvalue weighted by molar-refractivity contribution is 7.15. The van der Waals surface area contributed by atoms with Crippen LogP contribution in [0.4, 0.5) is 11.5 Å². The Morgan fingerprint density at radius 3 is 2.75 bits per heavy atom. The van der Waals surface area contributed by atoms with E-state index in [-0.39, 0.29) is 0 Å². The van der Waals surface area contributed by atoms with Crippen molar-refractivity contribution >= 4 is 27.8 Å². The molecule has 0 unspecified atom stereocenters. The quantitative estimate of drug-likeness (QED) is 0.802. The molecule has 0 spiro atoms. The van der Waals surface area contributed by atoms with Gasteiger partial charge in [0.05, 0.1) is 12.8 Å². The lowest BCUT2D eigenvalue weighted by Crippen LogP contribution is -2.14. The van der Waals surface area contributed by atoms with Crippen LogP contribution < -0.4 is 15.4 Å². The fourth-order valence-electron chi connectivity index (χ4n) is 2.21. The largest absolute Gasteiger partial charge is 0.497 e. The zero-order chi connectivity index (χ0) is 14.1. The second kappa shape index (κ2) is 5.15. The minimum absolute atomic E-state index is 0.452. The minimum atomic E-state index is 0.452. The predicted octanol–water partition coefficient (Wildman–Crippen LogP) is 2.63. The van der Waals surface area contributed by atoms with Crippen LogP contribution in [0.1, 0.15) is 5.69 Å². The summed E-state index contributed by atoms with van der Waals surface area (Å²) < 4.78 is 7.22. The molecule has 0 fully saturated rings. The van der Waals surface area contributed by atoms with E-state index in [1.54, 1.807) is 18.4 Å². The highest BCUT2D eigenvalue weighted by Crippen LogP contribution is 2.29. The number of aromatic nitrogens is 2. The molecule has 0 bridgehead atoms. The first-order valence-corrected chi connectivity index (χ1v) is 7.15. The number of imidazole rings is 1. The molecule has 1 aromatic carbocycles. The van der Waals surface area contributed by atoms with Crippen molar-refractivity contribution in [2.45, 2.75) is 6.54 Å². The van der Waals surface area contributed by atoms with Gasteiger partial charge in [-0.15, -0.1) is 11.3 Å². The number of benzene rings is 1. The number of methoxy groups -OCH3 is 1. The average molecular weight is 288 g/mol. The zero-order valence-corrected chi connectivity index (χ0v) is 12.2. The molecule has 20 heavy (non-hydrogen) atoms. The van der Waals surface area contributed by atoms with Crippen molar-refractivity contribution in [3.8, 4) is 5.75 Å². The Labute approximate surface area is 121 Å². The molecular weight excluding hydrogens is 272 g/mol. The number of hydrogen-bond donors (Lipinski definition) is 1. The molecule has 0 saturated carbocycles. The number of fused-ring (bicyclic) bond motifs is 1. The molecule has 2 aromatic heterocycles. The number of hydrogen-bond acceptors (Lipinski definition) is 5. The Hall–Kier alpha value is -2.05. The van der Waals surface area contributed by atoms with Gasteiger partial charge in [-0.25, -0.2) is 4.98 Å². The molecule has 0 atom stereocenters. The Balaban J connectivity index is 2.02. The predicted molar refractivity (Wildman–Crippen MR) is 82.0 cm³/mol. The lowest BCUT2D eigenvalue weighted by molar-refractivity contribution is 0.415. The average Bonchev–Trinajstić information content (AvgIpc) is 3.06. The van der Waals surface area contributed by atoms with E-state index in [2.05, 4.69) is 4.98 Å². The molecule has 2 heterocycles. The van der Waals surface area contributed by atoms with E-state index < -0.39 is 0 Å². The van der Waals surface area contributed by atoms with Crippen LogP contribution in [0.5, 0.6) is 5.75 Å². The first kappa shape index (κ1) is 13.0. The van der Waals surface area contributed by atoms with Crippen LogP contribution in [0.25, 0.3) is 4.96 Å². The molecule has 6 heteroatoms. The van der Waals surface area contributed by atoms with Gasteiger partial charge < -0.3 is 15.4 Å². The molecule has 3 rings (SSSR count). The van der Waals surface area contributed by atoms with Crippen molar-refractivity contribution in [3.63, 3.8) is 0 Å². The molecule has 0 radical (unpaired) electrons. The molecule has 3 aromatic rings. The van der Waals surface area contributed by atoms with E-state index in [1.807, 2.05) is 52.2 Å². The Morgan fingerprint density at radius 2 is 2.10 bits per heavy atom. The van der Waals surface area contributed by atoms with E-state index in [1.165, 1.54) is 0 Å². The monoisotopic (exact) mass is 288 g/mol. The van der Waals surface area contributed by atoms with E-state index in [0.717, 1.165) is 27.9 Å². The summed E-state index contributed by atoms with van der Waals surface area (Å²) in [4.78, 5) is 7.66. The Morgan fingerprint density at radius 1 is 1.35 bits per heavy atom. The Kier molecular flexibility index (Phi) is 3.33. The van der Waals surface area contributed by atoms with Crippen LogP contribution in [0.15, 0.2) is 35.8 Å². The van der Waals surface area contributed by atoms with Gasteiger partial charge in [0.25, 0.3) is 0 Å². The molecular formula is C14H16N4OS. The van der Waals surface area contributed by atoms with Crippen LogP contribution in [0.3, 0.4) is 0 Å². The van der Waals surface area contributed by atoms with Gasteiger partial charge in [-0.1, -0.05) is 0 Å².